The number of hydrogen-bond acceptors (Lipinski definition) is 2. The summed E-state index contributed by atoms with van der Waals surface area (Å²) in [6.45, 7) is 7.39. The van der Waals surface area contributed by atoms with Gasteiger partial charge in [-0.25, -0.2) is 0 Å². The molecule has 0 radical (unpaired) electrons. The number of halogens is 2. The maximum absolute atomic E-state index is 9.34. The molecule has 0 amide bonds. The van der Waals surface area contributed by atoms with Crippen LogP contribution in [0.2, 0.25) is 0 Å². The van der Waals surface area contributed by atoms with Gasteiger partial charge in [0, 0.05) is 0 Å². The first kappa shape index (κ1) is 20.5. The van der Waals surface area contributed by atoms with Crippen LogP contribution in [0.5, 0.6) is 0 Å². The molecule has 1 rings (SSSR count). The second kappa shape index (κ2) is 13.6. The molecule has 0 aliphatic heterocycles. The van der Waals surface area contributed by atoms with Crippen LogP contribution in [0.25, 0.3) is 0 Å². The fraction of sp³-hybridized carbons (Fsp3) is 0.500. The molecule has 2 N–H and O–H groups in total. The zero-order chi connectivity index (χ0) is 13.8. The quantitative estimate of drug-likeness (QED) is 0.583. The third-order valence-corrected chi connectivity index (χ3v) is 1.90. The van der Waals surface area contributed by atoms with Crippen molar-refractivity contribution < 1.29 is 19.7 Å². The van der Waals surface area contributed by atoms with Crippen LogP contribution in [0.1, 0.15) is 51.0 Å². The second-order valence-electron chi connectivity index (χ2n) is 3.04. The van der Waals surface area contributed by atoms with Gasteiger partial charge in [0.25, 0.3) is 0 Å². The number of rotatable bonds is 2. The first-order valence-electron chi connectivity index (χ1n) is 5.41. The first-order valence-corrected chi connectivity index (χ1v) is 14.4. The van der Waals surface area contributed by atoms with E-state index in [1.165, 1.54) is 0 Å². The van der Waals surface area contributed by atoms with Crippen molar-refractivity contribution in [3.8, 4) is 0 Å². The van der Waals surface area contributed by atoms with Gasteiger partial charge in [-0.2, -0.15) is 0 Å². The second-order valence-corrected chi connectivity index (χ2v) is 14.8. The van der Waals surface area contributed by atoms with Gasteiger partial charge >= 0.3 is 49.4 Å². The van der Waals surface area contributed by atoms with Crippen molar-refractivity contribution in [2.45, 2.75) is 39.9 Å². The Balaban J connectivity index is 0. The topological polar surface area (TPSA) is 40.5 Å². The average Bonchev–Trinajstić information content (AvgIpc) is 2.32. The molecule has 17 heavy (non-hydrogen) atoms. The Morgan fingerprint density at radius 2 is 1.18 bits per heavy atom. The zero-order valence-electron chi connectivity index (χ0n) is 10.6. The summed E-state index contributed by atoms with van der Waals surface area (Å²) in [5.74, 6) is 0. The molecule has 0 saturated heterocycles. The number of hydrogen-bond donors (Lipinski definition) is 2. The molecule has 5 heteroatoms. The number of aliphatic hydroxyl groups is 2. The molecule has 0 aliphatic rings. The van der Waals surface area contributed by atoms with Crippen LogP contribution in [0.4, 0.5) is 0 Å². The Morgan fingerprint density at radius 3 is 1.35 bits per heavy atom. The van der Waals surface area contributed by atoms with Crippen LogP contribution in [-0.4, -0.2) is 10.2 Å². The van der Waals surface area contributed by atoms with Gasteiger partial charge in [0.2, 0.25) is 0 Å². The Hall–Kier alpha value is 1.18. The van der Waals surface area contributed by atoms with Crippen molar-refractivity contribution in [1.82, 2.24) is 0 Å². The van der Waals surface area contributed by atoms with Crippen LogP contribution in [-0.2, 0) is 9.47 Å². The monoisotopic (exact) mass is 501 g/mol. The summed E-state index contributed by atoms with van der Waals surface area (Å²) in [5.41, 5.74) is 1.60. The van der Waals surface area contributed by atoms with Crippen LogP contribution >= 0.6 is 40.0 Å². The molecule has 0 spiro atoms. The van der Waals surface area contributed by atoms with E-state index in [1.54, 1.807) is 13.8 Å². The third-order valence-electron chi connectivity index (χ3n) is 1.90. The van der Waals surface area contributed by atoms with Gasteiger partial charge in [0.1, 0.15) is 0 Å². The number of aliphatic hydroxyl groups excluding tert-OH is 2. The summed E-state index contributed by atoms with van der Waals surface area (Å²) in [6, 6.07) is 7.36. The Labute approximate surface area is 133 Å². The Kier molecular flexibility index (Phi) is 16.4. The molecule has 0 fully saturated rings. The Morgan fingerprint density at radius 1 is 0.941 bits per heavy atom. The van der Waals surface area contributed by atoms with E-state index in [4.69, 9.17) is 0 Å². The molecule has 0 bridgehead atoms. The minimum atomic E-state index is -0.518. The van der Waals surface area contributed by atoms with E-state index in [-0.39, 0.29) is 0 Å². The van der Waals surface area contributed by atoms with E-state index in [9.17, 15) is 10.2 Å². The fourth-order valence-electron chi connectivity index (χ4n) is 1.27. The predicted octanol–water partition coefficient (Wildman–Crippen LogP) is 4.59. The summed E-state index contributed by atoms with van der Waals surface area (Å²) in [4.78, 5) is 0. The van der Waals surface area contributed by atoms with Crippen LogP contribution in [0.15, 0.2) is 24.3 Å². The van der Waals surface area contributed by atoms with Crippen molar-refractivity contribution >= 4 is 40.0 Å². The SMILES string of the molecule is CC.CC(O)c1ccccc1C(C)O.[I][V][I]. The molecule has 2 unspecified atom stereocenters. The van der Waals surface area contributed by atoms with Crippen LogP contribution in [0, 0.1) is 0 Å². The van der Waals surface area contributed by atoms with Gasteiger partial charge < -0.3 is 10.2 Å². The van der Waals surface area contributed by atoms with E-state index in [1.807, 2.05) is 38.1 Å². The van der Waals surface area contributed by atoms with Crippen molar-refractivity contribution in [3.63, 3.8) is 0 Å². The summed E-state index contributed by atoms with van der Waals surface area (Å²) in [5, 5.41) is 18.7. The molecular weight excluding hydrogens is 481 g/mol. The van der Waals surface area contributed by atoms with Gasteiger partial charge in [0.05, 0.1) is 12.2 Å². The minimum absolute atomic E-state index is 0.518. The molecule has 1 aromatic rings. The summed E-state index contributed by atoms with van der Waals surface area (Å²) < 4.78 is 0. The summed E-state index contributed by atoms with van der Waals surface area (Å²) in [6.07, 6.45) is -1.04. The van der Waals surface area contributed by atoms with Crippen molar-refractivity contribution in [2.75, 3.05) is 0 Å². The molecular formula is C12H20I2O2V. The molecule has 0 aliphatic carbocycles. The van der Waals surface area contributed by atoms with Gasteiger partial charge in [-0.3, -0.25) is 0 Å². The zero-order valence-corrected chi connectivity index (χ0v) is 16.3. The molecule has 99 valence electrons. The van der Waals surface area contributed by atoms with Crippen molar-refractivity contribution in [3.05, 3.63) is 35.4 Å². The van der Waals surface area contributed by atoms with Crippen LogP contribution < -0.4 is 0 Å². The van der Waals surface area contributed by atoms with Crippen LogP contribution in [0.3, 0.4) is 0 Å². The van der Waals surface area contributed by atoms with Gasteiger partial charge in [-0.15, -0.1) is 0 Å². The summed E-state index contributed by atoms with van der Waals surface area (Å²) in [7, 11) is 0.628. The molecule has 0 heterocycles. The fourth-order valence-corrected chi connectivity index (χ4v) is 1.27. The van der Waals surface area contributed by atoms with E-state index in [2.05, 4.69) is 40.0 Å². The summed E-state index contributed by atoms with van der Waals surface area (Å²) >= 11 is 4.74. The standard InChI is InChI=1S/C10H14O2.C2H6.2HI.V/c1-7(11)9-5-3-4-6-10(9)8(2)12;1-2;;;/h3-8,11-12H,1-2H3;1-2H3;2*1H;/q;;;;+2/p-2. The van der Waals surface area contributed by atoms with E-state index in [0.29, 0.717) is 9.47 Å². The average molecular weight is 501 g/mol. The molecule has 0 saturated carbocycles. The Bertz CT molecular complexity index is 254. The maximum atomic E-state index is 9.34. The third kappa shape index (κ3) is 9.73. The molecule has 1 aromatic carbocycles. The van der Waals surface area contributed by atoms with E-state index >= 15 is 0 Å². The van der Waals surface area contributed by atoms with Gasteiger partial charge in [0.15, 0.2) is 0 Å². The van der Waals surface area contributed by atoms with E-state index in [0.717, 1.165) is 11.1 Å². The number of benzene rings is 1. The van der Waals surface area contributed by atoms with Crippen molar-refractivity contribution in [2.24, 2.45) is 0 Å². The van der Waals surface area contributed by atoms with Crippen molar-refractivity contribution in [1.29, 1.82) is 0 Å². The van der Waals surface area contributed by atoms with Gasteiger partial charge in [-0.1, -0.05) is 38.1 Å². The first-order chi connectivity index (χ1) is 8.04. The molecule has 0 aromatic heterocycles. The molecule has 2 atom stereocenters. The predicted molar refractivity (Wildman–Crippen MR) is 87.1 cm³/mol. The normalized spacial score (nSPS) is 12.2. The van der Waals surface area contributed by atoms with E-state index < -0.39 is 12.2 Å². The van der Waals surface area contributed by atoms with Gasteiger partial charge in [-0.05, 0) is 25.0 Å². The molecule has 2 nitrogen and oxygen atoms in total.